The highest BCUT2D eigenvalue weighted by Crippen LogP contribution is 2.47. The molecule has 2 aliphatic heterocycles. The van der Waals surface area contributed by atoms with Gasteiger partial charge in [0.15, 0.2) is 0 Å². The largest absolute Gasteiger partial charge is 0.469 e. The minimum atomic E-state index is -0.342. The van der Waals surface area contributed by atoms with Crippen LogP contribution in [-0.4, -0.2) is 49.7 Å². The van der Waals surface area contributed by atoms with Crippen LogP contribution in [0.3, 0.4) is 0 Å². The number of hydrogen-bond acceptors (Lipinski definition) is 5. The van der Waals surface area contributed by atoms with Crippen LogP contribution in [0.1, 0.15) is 30.7 Å². The fourth-order valence-electron chi connectivity index (χ4n) is 4.32. The van der Waals surface area contributed by atoms with Crippen molar-refractivity contribution in [2.24, 2.45) is 5.92 Å². The van der Waals surface area contributed by atoms with Crippen LogP contribution >= 0.6 is 23.2 Å². The van der Waals surface area contributed by atoms with E-state index in [1.54, 1.807) is 6.07 Å². The number of ether oxygens (including phenoxy) is 2. The maximum Gasteiger partial charge on any atom is 0.319 e. The molecular formula is C18H21Cl2NO4. The van der Waals surface area contributed by atoms with Gasteiger partial charge in [-0.15, -0.1) is 0 Å². The van der Waals surface area contributed by atoms with Gasteiger partial charge in [0.25, 0.3) is 0 Å². The van der Waals surface area contributed by atoms with Gasteiger partial charge in [0.2, 0.25) is 0 Å². The van der Waals surface area contributed by atoms with Crippen molar-refractivity contribution < 1.29 is 19.1 Å². The van der Waals surface area contributed by atoms with Gasteiger partial charge in [-0.3, -0.25) is 14.5 Å². The fraction of sp³-hybridized carbons (Fsp3) is 0.556. The van der Waals surface area contributed by atoms with Crippen molar-refractivity contribution in [2.75, 3.05) is 20.8 Å². The molecule has 0 amide bonds. The van der Waals surface area contributed by atoms with Gasteiger partial charge in [0.1, 0.15) is 0 Å². The second-order valence-electron chi connectivity index (χ2n) is 6.61. The third kappa shape index (κ3) is 3.50. The number of benzene rings is 1. The van der Waals surface area contributed by atoms with Crippen LogP contribution in [0.4, 0.5) is 0 Å². The molecule has 2 aliphatic rings. The average molecular weight is 386 g/mol. The molecule has 0 unspecified atom stereocenters. The van der Waals surface area contributed by atoms with E-state index in [1.165, 1.54) is 14.2 Å². The summed E-state index contributed by atoms with van der Waals surface area (Å²) in [6, 6.07) is 5.72. The molecule has 2 heterocycles. The molecule has 0 N–H and O–H groups in total. The van der Waals surface area contributed by atoms with Gasteiger partial charge in [-0.25, -0.2) is 0 Å². The lowest BCUT2D eigenvalue weighted by Crippen LogP contribution is -2.52. The molecule has 3 rings (SSSR count). The molecule has 2 bridgehead atoms. The minimum absolute atomic E-state index is 0.00591. The summed E-state index contributed by atoms with van der Waals surface area (Å²) in [7, 11) is 2.78. The Balaban J connectivity index is 1.93. The van der Waals surface area contributed by atoms with E-state index in [9.17, 15) is 9.59 Å². The molecule has 0 aliphatic carbocycles. The number of methoxy groups -OCH3 is 2. The van der Waals surface area contributed by atoms with Gasteiger partial charge < -0.3 is 9.47 Å². The maximum atomic E-state index is 12.6. The van der Waals surface area contributed by atoms with Crippen molar-refractivity contribution in [3.63, 3.8) is 0 Å². The molecule has 2 saturated heterocycles. The van der Waals surface area contributed by atoms with Crippen molar-refractivity contribution in [1.29, 1.82) is 0 Å². The molecule has 0 spiro atoms. The first-order valence-corrected chi connectivity index (χ1v) is 9.07. The summed E-state index contributed by atoms with van der Waals surface area (Å²) in [4.78, 5) is 26.4. The Labute approximate surface area is 157 Å². The molecule has 5 nitrogen and oxygen atoms in total. The summed E-state index contributed by atoms with van der Waals surface area (Å²) in [6.07, 6.45) is 2.58. The third-order valence-corrected chi connectivity index (χ3v) is 6.19. The summed E-state index contributed by atoms with van der Waals surface area (Å²) in [5, 5.41) is 0.971. The van der Waals surface area contributed by atoms with Crippen molar-refractivity contribution in [3.05, 3.63) is 33.8 Å². The Morgan fingerprint density at radius 2 is 1.92 bits per heavy atom. The number of rotatable bonds is 4. The Morgan fingerprint density at radius 1 is 1.16 bits per heavy atom. The Kier molecular flexibility index (Phi) is 5.56. The third-order valence-electron chi connectivity index (χ3n) is 5.45. The summed E-state index contributed by atoms with van der Waals surface area (Å²) in [5.41, 5.74) is 0.986. The molecule has 4 atom stereocenters. The van der Waals surface area contributed by atoms with Crippen LogP contribution in [0.5, 0.6) is 0 Å². The van der Waals surface area contributed by atoms with Gasteiger partial charge in [0.05, 0.1) is 36.7 Å². The summed E-state index contributed by atoms with van der Waals surface area (Å²) >= 11 is 12.2. The zero-order valence-electron chi connectivity index (χ0n) is 14.2. The van der Waals surface area contributed by atoms with E-state index >= 15 is 0 Å². The summed E-state index contributed by atoms with van der Waals surface area (Å²) < 4.78 is 9.90. The number of carbonyl (C=O) groups is 2. The lowest BCUT2D eigenvalue weighted by atomic mass is 9.76. The molecule has 0 radical (unpaired) electrons. The van der Waals surface area contributed by atoms with Crippen LogP contribution in [-0.2, 0) is 19.1 Å². The number of esters is 2. The Bertz CT molecular complexity index is 681. The minimum Gasteiger partial charge on any atom is -0.469 e. The van der Waals surface area contributed by atoms with Crippen LogP contribution in [0.2, 0.25) is 10.0 Å². The van der Waals surface area contributed by atoms with E-state index in [-0.39, 0.29) is 42.4 Å². The Morgan fingerprint density at radius 3 is 2.56 bits per heavy atom. The van der Waals surface area contributed by atoms with Crippen LogP contribution in [0.25, 0.3) is 0 Å². The molecule has 2 fully saturated rings. The Hall–Kier alpha value is -1.30. The number of halogens is 2. The summed E-state index contributed by atoms with van der Waals surface area (Å²) in [6.45, 7) is 0.202. The van der Waals surface area contributed by atoms with Crippen molar-refractivity contribution >= 4 is 35.1 Å². The SMILES string of the molecule is COC(=O)CN1[C@@H]2CC[C@H]1[C@@H](C(=O)OC)[C@H](c1ccc(Cl)c(Cl)c1)C2. The van der Waals surface area contributed by atoms with Gasteiger partial charge in [-0.05, 0) is 37.0 Å². The van der Waals surface area contributed by atoms with E-state index in [0.29, 0.717) is 10.0 Å². The lowest BCUT2D eigenvalue weighted by molar-refractivity contribution is -0.154. The van der Waals surface area contributed by atoms with Crippen molar-refractivity contribution in [3.8, 4) is 0 Å². The molecule has 136 valence electrons. The van der Waals surface area contributed by atoms with Crippen LogP contribution < -0.4 is 0 Å². The normalized spacial score (nSPS) is 28.6. The topological polar surface area (TPSA) is 55.8 Å². The number of carbonyl (C=O) groups excluding carboxylic acids is 2. The smallest absolute Gasteiger partial charge is 0.319 e. The van der Waals surface area contributed by atoms with Gasteiger partial charge in [-0.1, -0.05) is 29.3 Å². The van der Waals surface area contributed by atoms with E-state index in [0.717, 1.165) is 24.8 Å². The summed E-state index contributed by atoms with van der Waals surface area (Å²) in [5.74, 6) is -0.885. The fourth-order valence-corrected chi connectivity index (χ4v) is 4.62. The van der Waals surface area contributed by atoms with Gasteiger partial charge >= 0.3 is 11.9 Å². The molecule has 25 heavy (non-hydrogen) atoms. The number of fused-ring (bicyclic) bond motifs is 2. The van der Waals surface area contributed by atoms with Crippen LogP contribution in [0, 0.1) is 5.92 Å². The predicted molar refractivity (Wildman–Crippen MR) is 94.9 cm³/mol. The zero-order valence-corrected chi connectivity index (χ0v) is 15.7. The lowest BCUT2D eigenvalue weighted by Gasteiger charge is -2.43. The molecule has 1 aromatic carbocycles. The number of piperidine rings is 1. The average Bonchev–Trinajstić information content (AvgIpc) is 2.87. The number of nitrogens with zero attached hydrogens (tertiary/aromatic N) is 1. The molecule has 1 aromatic rings. The quantitative estimate of drug-likeness (QED) is 0.744. The van der Waals surface area contributed by atoms with Gasteiger partial charge in [0, 0.05) is 18.0 Å². The second-order valence-corrected chi connectivity index (χ2v) is 7.43. The maximum absolute atomic E-state index is 12.6. The van der Waals surface area contributed by atoms with Crippen molar-refractivity contribution in [1.82, 2.24) is 4.90 Å². The van der Waals surface area contributed by atoms with E-state index in [4.69, 9.17) is 32.7 Å². The van der Waals surface area contributed by atoms with Gasteiger partial charge in [-0.2, -0.15) is 0 Å². The van der Waals surface area contributed by atoms with E-state index in [2.05, 4.69) is 4.90 Å². The van der Waals surface area contributed by atoms with E-state index < -0.39 is 0 Å². The first-order chi connectivity index (χ1) is 12.0. The predicted octanol–water partition coefficient (Wildman–Crippen LogP) is 3.28. The molecule has 0 aromatic heterocycles. The first-order valence-electron chi connectivity index (χ1n) is 8.31. The molecule has 0 saturated carbocycles. The highest BCUT2D eigenvalue weighted by atomic mass is 35.5. The highest BCUT2D eigenvalue weighted by molar-refractivity contribution is 6.42. The standard InChI is InChI=1S/C18H21Cl2NO4/c1-24-16(22)9-21-11-4-6-15(21)17(18(23)25-2)12(8-11)10-3-5-13(19)14(20)7-10/h3,5,7,11-12,15,17H,4,6,8-9H2,1-2H3/t11-,12+,15+,17+/m1/s1. The van der Waals surface area contributed by atoms with Crippen molar-refractivity contribution in [2.45, 2.75) is 37.3 Å². The molecule has 7 heteroatoms. The second kappa shape index (κ2) is 7.52. The molecular weight excluding hydrogens is 365 g/mol. The number of hydrogen-bond donors (Lipinski definition) is 0. The monoisotopic (exact) mass is 385 g/mol. The first kappa shape index (κ1) is 18.5. The highest BCUT2D eigenvalue weighted by Gasteiger charge is 2.51. The van der Waals surface area contributed by atoms with E-state index in [1.807, 2.05) is 12.1 Å². The zero-order chi connectivity index (χ0) is 18.1. The van der Waals surface area contributed by atoms with Crippen LogP contribution in [0.15, 0.2) is 18.2 Å².